The normalized spacial score (nSPS) is 17.9. The molecule has 4 nitrogen and oxygen atoms in total. The summed E-state index contributed by atoms with van der Waals surface area (Å²) >= 11 is 12.0. The summed E-state index contributed by atoms with van der Waals surface area (Å²) in [6.07, 6.45) is 0.216. The van der Waals surface area contributed by atoms with Crippen LogP contribution in [0.15, 0.2) is 42.5 Å². The number of hydrogen-bond donors (Lipinski definition) is 1. The van der Waals surface area contributed by atoms with E-state index in [2.05, 4.69) is 10.2 Å². The maximum Gasteiger partial charge on any atom is 0.225 e. The number of rotatable bonds is 5. The van der Waals surface area contributed by atoms with Gasteiger partial charge in [0.15, 0.2) is 0 Å². The number of morpholine rings is 1. The fourth-order valence-electron chi connectivity index (χ4n) is 2.85. The molecule has 7 heteroatoms. The minimum Gasteiger partial charge on any atom is -0.371 e. The van der Waals surface area contributed by atoms with Crippen LogP contribution in [0.2, 0.25) is 10.0 Å². The molecule has 2 aromatic rings. The van der Waals surface area contributed by atoms with Gasteiger partial charge < -0.3 is 10.1 Å². The minimum absolute atomic E-state index is 0.116. The van der Waals surface area contributed by atoms with Crippen molar-refractivity contribution in [1.82, 2.24) is 4.90 Å². The van der Waals surface area contributed by atoms with E-state index < -0.39 is 0 Å². The summed E-state index contributed by atoms with van der Waals surface area (Å²) < 4.78 is 18.8. The monoisotopic (exact) mass is 396 g/mol. The van der Waals surface area contributed by atoms with E-state index in [-0.39, 0.29) is 17.8 Å². The van der Waals surface area contributed by atoms with Crippen molar-refractivity contribution in [2.75, 3.05) is 31.6 Å². The van der Waals surface area contributed by atoms with Gasteiger partial charge in [-0.15, -0.1) is 0 Å². The van der Waals surface area contributed by atoms with Crippen molar-refractivity contribution in [3.05, 3.63) is 63.9 Å². The number of halogens is 3. The Morgan fingerprint density at radius 2 is 2.00 bits per heavy atom. The summed E-state index contributed by atoms with van der Waals surface area (Å²) in [4.78, 5) is 14.4. The Hall–Kier alpha value is -1.66. The first-order valence-corrected chi connectivity index (χ1v) is 9.11. The third-order valence-electron chi connectivity index (χ3n) is 4.25. The van der Waals surface area contributed by atoms with Crippen LogP contribution >= 0.6 is 23.2 Å². The lowest BCUT2D eigenvalue weighted by Gasteiger charge is -2.33. The van der Waals surface area contributed by atoms with Gasteiger partial charge in [-0.2, -0.15) is 0 Å². The Bertz CT molecular complexity index is 771. The van der Waals surface area contributed by atoms with Gasteiger partial charge in [0.05, 0.1) is 23.4 Å². The molecule has 2 aromatic carbocycles. The molecule has 0 radical (unpaired) electrons. The molecular weight excluding hydrogens is 378 g/mol. The van der Waals surface area contributed by atoms with Crippen molar-refractivity contribution >= 4 is 34.8 Å². The van der Waals surface area contributed by atoms with Crippen LogP contribution in [0.4, 0.5) is 10.1 Å². The fraction of sp³-hybridized carbons (Fsp3) is 0.316. The van der Waals surface area contributed by atoms with Crippen LogP contribution in [0, 0.1) is 5.82 Å². The molecule has 3 rings (SSSR count). The molecule has 1 aliphatic heterocycles. The van der Waals surface area contributed by atoms with Gasteiger partial charge >= 0.3 is 0 Å². The predicted octanol–water partition coefficient (Wildman–Crippen LogP) is 4.53. The highest BCUT2D eigenvalue weighted by atomic mass is 35.5. The summed E-state index contributed by atoms with van der Waals surface area (Å²) in [6.45, 7) is 2.59. The number of nitrogens with one attached hydrogen (secondary N) is 1. The highest BCUT2D eigenvalue weighted by Crippen LogP contribution is 2.26. The van der Waals surface area contributed by atoms with Gasteiger partial charge in [0, 0.05) is 31.1 Å². The quantitative estimate of drug-likeness (QED) is 0.806. The molecular formula is C19H19Cl2FN2O2. The molecule has 0 bridgehead atoms. The summed E-state index contributed by atoms with van der Waals surface area (Å²) in [5.74, 6) is -0.392. The lowest BCUT2D eigenvalue weighted by Crippen LogP contribution is -2.39. The first-order valence-electron chi connectivity index (χ1n) is 8.35. The standard InChI is InChI=1S/C19H19Cl2FN2O2/c20-14-3-6-16(21)17(11-14)23-19(25)7-8-24-9-10-26-18(12-24)13-1-4-15(22)5-2-13/h1-6,11,18H,7-10,12H2,(H,23,25). The van der Waals surface area contributed by atoms with Gasteiger partial charge in [-0.3, -0.25) is 9.69 Å². The second kappa shape index (κ2) is 8.82. The summed E-state index contributed by atoms with van der Waals surface area (Å²) in [5.41, 5.74) is 1.45. The zero-order valence-corrected chi connectivity index (χ0v) is 15.6. The van der Waals surface area contributed by atoms with Crippen molar-refractivity contribution < 1.29 is 13.9 Å². The molecule has 1 atom stereocenters. The fourth-order valence-corrected chi connectivity index (χ4v) is 3.19. The largest absolute Gasteiger partial charge is 0.371 e. The first kappa shape index (κ1) is 19.1. The molecule has 26 heavy (non-hydrogen) atoms. The average Bonchev–Trinajstić information content (AvgIpc) is 2.64. The number of nitrogens with zero attached hydrogens (tertiary/aromatic N) is 1. The van der Waals surface area contributed by atoms with Crippen LogP contribution < -0.4 is 5.32 Å². The Kier molecular flexibility index (Phi) is 6.48. The average molecular weight is 397 g/mol. The SMILES string of the molecule is O=C(CCN1CCOC(c2ccc(F)cc2)C1)Nc1cc(Cl)ccc1Cl. The number of amides is 1. The zero-order valence-electron chi connectivity index (χ0n) is 14.1. The molecule has 0 aromatic heterocycles. The molecule has 1 aliphatic rings. The Morgan fingerprint density at radius 1 is 1.23 bits per heavy atom. The van der Waals surface area contributed by atoms with Crippen LogP contribution in [0.25, 0.3) is 0 Å². The summed E-state index contributed by atoms with van der Waals surface area (Å²) in [7, 11) is 0. The summed E-state index contributed by atoms with van der Waals surface area (Å²) in [5, 5.41) is 3.75. The second-order valence-corrected chi connectivity index (χ2v) is 6.98. The van der Waals surface area contributed by atoms with E-state index in [1.807, 2.05) is 0 Å². The predicted molar refractivity (Wildman–Crippen MR) is 101 cm³/mol. The van der Waals surface area contributed by atoms with Crippen LogP contribution in [-0.2, 0) is 9.53 Å². The van der Waals surface area contributed by atoms with E-state index in [4.69, 9.17) is 27.9 Å². The van der Waals surface area contributed by atoms with Gasteiger partial charge in [0.2, 0.25) is 5.91 Å². The number of benzene rings is 2. The van der Waals surface area contributed by atoms with E-state index in [9.17, 15) is 9.18 Å². The Morgan fingerprint density at radius 3 is 2.77 bits per heavy atom. The Balaban J connectivity index is 1.51. The van der Waals surface area contributed by atoms with E-state index in [0.717, 1.165) is 12.1 Å². The number of carbonyl (C=O) groups is 1. The topological polar surface area (TPSA) is 41.6 Å². The maximum atomic E-state index is 13.1. The van der Waals surface area contributed by atoms with Gasteiger partial charge in [-0.05, 0) is 35.9 Å². The van der Waals surface area contributed by atoms with Gasteiger partial charge in [-0.1, -0.05) is 35.3 Å². The highest BCUT2D eigenvalue weighted by molar-refractivity contribution is 6.35. The lowest BCUT2D eigenvalue weighted by molar-refractivity contribution is -0.117. The molecule has 1 saturated heterocycles. The highest BCUT2D eigenvalue weighted by Gasteiger charge is 2.22. The van der Waals surface area contributed by atoms with Gasteiger partial charge in [-0.25, -0.2) is 4.39 Å². The summed E-state index contributed by atoms with van der Waals surface area (Å²) in [6, 6.07) is 11.3. The number of hydrogen-bond acceptors (Lipinski definition) is 3. The smallest absolute Gasteiger partial charge is 0.225 e. The number of anilines is 1. The van der Waals surface area contributed by atoms with Gasteiger partial charge in [0.1, 0.15) is 5.82 Å². The number of carbonyl (C=O) groups excluding carboxylic acids is 1. The van der Waals surface area contributed by atoms with Crippen molar-refractivity contribution in [2.45, 2.75) is 12.5 Å². The molecule has 1 heterocycles. The van der Waals surface area contributed by atoms with Crippen molar-refractivity contribution in [3.8, 4) is 0 Å². The Labute approximate surface area is 161 Å². The first-order chi connectivity index (χ1) is 12.5. The van der Waals surface area contributed by atoms with Crippen LogP contribution in [0.3, 0.4) is 0 Å². The van der Waals surface area contributed by atoms with E-state index in [1.165, 1.54) is 12.1 Å². The van der Waals surface area contributed by atoms with Crippen molar-refractivity contribution in [1.29, 1.82) is 0 Å². The van der Waals surface area contributed by atoms with Crippen LogP contribution in [0.1, 0.15) is 18.1 Å². The number of ether oxygens (including phenoxy) is 1. The minimum atomic E-state index is -0.266. The third kappa shape index (κ3) is 5.17. The lowest BCUT2D eigenvalue weighted by atomic mass is 10.1. The molecule has 138 valence electrons. The molecule has 1 unspecified atom stereocenters. The van der Waals surface area contributed by atoms with Crippen molar-refractivity contribution in [3.63, 3.8) is 0 Å². The molecule has 0 spiro atoms. The maximum absolute atomic E-state index is 13.1. The molecule has 0 aliphatic carbocycles. The van der Waals surface area contributed by atoms with Crippen LogP contribution in [0.5, 0.6) is 0 Å². The van der Waals surface area contributed by atoms with Gasteiger partial charge in [0.25, 0.3) is 0 Å². The second-order valence-electron chi connectivity index (χ2n) is 6.13. The van der Waals surface area contributed by atoms with E-state index in [0.29, 0.717) is 41.8 Å². The van der Waals surface area contributed by atoms with E-state index in [1.54, 1.807) is 30.3 Å². The van der Waals surface area contributed by atoms with Crippen molar-refractivity contribution in [2.24, 2.45) is 0 Å². The third-order valence-corrected chi connectivity index (χ3v) is 4.81. The molecule has 0 saturated carbocycles. The molecule has 1 amide bonds. The molecule has 1 N–H and O–H groups in total. The van der Waals surface area contributed by atoms with Crippen LogP contribution in [-0.4, -0.2) is 37.0 Å². The zero-order chi connectivity index (χ0) is 18.5. The van der Waals surface area contributed by atoms with E-state index >= 15 is 0 Å². The molecule has 1 fully saturated rings.